The van der Waals surface area contributed by atoms with Crippen LogP contribution in [0, 0.1) is 6.92 Å². The average Bonchev–Trinajstić information content (AvgIpc) is 2.28. The van der Waals surface area contributed by atoms with Crippen LogP contribution < -0.4 is 0 Å². The first-order valence-corrected chi connectivity index (χ1v) is 6.18. The number of benzene rings is 2. The van der Waals surface area contributed by atoms with Crippen molar-refractivity contribution in [2.45, 2.75) is 22.9 Å². The van der Waals surface area contributed by atoms with E-state index in [1.165, 1.54) is 23.9 Å². The molecule has 0 amide bonds. The van der Waals surface area contributed by atoms with Crippen LogP contribution in [0.5, 0.6) is 0 Å². The summed E-state index contributed by atoms with van der Waals surface area (Å²) in [6.45, 7) is 1.95. The third-order valence-corrected chi connectivity index (χ3v) is 3.37. The van der Waals surface area contributed by atoms with Crippen LogP contribution in [0.3, 0.4) is 0 Å². The van der Waals surface area contributed by atoms with Gasteiger partial charge in [-0.25, -0.2) is 0 Å². The van der Waals surface area contributed by atoms with Crippen LogP contribution in [-0.4, -0.2) is 0 Å². The second-order valence-corrected chi connectivity index (χ2v) is 5.09. The molecule has 0 aliphatic carbocycles. The maximum atomic E-state index is 12.6. The third kappa shape index (κ3) is 3.29. The van der Waals surface area contributed by atoms with Gasteiger partial charge in [0, 0.05) is 9.79 Å². The number of halogens is 3. The Hall–Kier alpha value is -1.42. The first-order valence-electron chi connectivity index (χ1n) is 5.37. The zero-order valence-corrected chi connectivity index (χ0v) is 10.5. The van der Waals surface area contributed by atoms with Gasteiger partial charge in [0.2, 0.25) is 0 Å². The third-order valence-electron chi connectivity index (χ3n) is 2.39. The summed E-state index contributed by atoms with van der Waals surface area (Å²) in [5.74, 6) is 0. The van der Waals surface area contributed by atoms with Crippen molar-refractivity contribution in [1.29, 1.82) is 0 Å². The maximum Gasteiger partial charge on any atom is 0.416 e. The molecule has 0 nitrogen and oxygen atoms in total. The van der Waals surface area contributed by atoms with Crippen LogP contribution in [-0.2, 0) is 6.18 Å². The number of aryl methyl sites for hydroxylation is 1. The SMILES string of the molecule is Cc1cccc(Sc2cccc(C(F)(F)F)c2)c1. The number of alkyl halides is 3. The zero-order chi connectivity index (χ0) is 13.2. The number of rotatable bonds is 2. The van der Waals surface area contributed by atoms with Crippen LogP contribution in [0.1, 0.15) is 11.1 Å². The van der Waals surface area contributed by atoms with E-state index < -0.39 is 11.7 Å². The van der Waals surface area contributed by atoms with Gasteiger partial charge < -0.3 is 0 Å². The highest BCUT2D eigenvalue weighted by Gasteiger charge is 2.30. The van der Waals surface area contributed by atoms with Crippen LogP contribution in [0.2, 0.25) is 0 Å². The van der Waals surface area contributed by atoms with Gasteiger partial charge in [-0.3, -0.25) is 0 Å². The van der Waals surface area contributed by atoms with Gasteiger partial charge in [0.05, 0.1) is 5.56 Å². The van der Waals surface area contributed by atoms with E-state index in [4.69, 9.17) is 0 Å². The van der Waals surface area contributed by atoms with Gasteiger partial charge in [-0.15, -0.1) is 0 Å². The Bertz CT molecular complexity index is 547. The van der Waals surface area contributed by atoms with Crippen molar-refractivity contribution in [2.24, 2.45) is 0 Å². The van der Waals surface area contributed by atoms with E-state index in [0.29, 0.717) is 4.90 Å². The van der Waals surface area contributed by atoms with Gasteiger partial charge in [0.25, 0.3) is 0 Å². The summed E-state index contributed by atoms with van der Waals surface area (Å²) in [5.41, 5.74) is 0.479. The summed E-state index contributed by atoms with van der Waals surface area (Å²) in [6, 6.07) is 13.1. The molecule has 4 heteroatoms. The lowest BCUT2D eigenvalue weighted by atomic mass is 10.2. The molecule has 2 aromatic carbocycles. The summed E-state index contributed by atoms with van der Waals surface area (Å²) in [6.07, 6.45) is -4.29. The highest BCUT2D eigenvalue weighted by atomic mass is 32.2. The van der Waals surface area contributed by atoms with Crippen molar-refractivity contribution in [3.63, 3.8) is 0 Å². The average molecular weight is 268 g/mol. The topological polar surface area (TPSA) is 0 Å². The van der Waals surface area contributed by atoms with Gasteiger partial charge in [-0.2, -0.15) is 13.2 Å². The minimum Gasteiger partial charge on any atom is -0.166 e. The maximum absolute atomic E-state index is 12.6. The van der Waals surface area contributed by atoms with Crippen molar-refractivity contribution in [1.82, 2.24) is 0 Å². The minimum atomic E-state index is -4.29. The lowest BCUT2D eigenvalue weighted by Gasteiger charge is -2.08. The molecule has 18 heavy (non-hydrogen) atoms. The second-order valence-electron chi connectivity index (χ2n) is 3.94. The molecule has 94 valence electrons. The van der Waals surface area contributed by atoms with Crippen molar-refractivity contribution >= 4 is 11.8 Å². The van der Waals surface area contributed by atoms with Crippen LogP contribution in [0.25, 0.3) is 0 Å². The first-order chi connectivity index (χ1) is 8.45. The second kappa shape index (κ2) is 5.06. The summed E-state index contributed by atoms with van der Waals surface area (Å²) >= 11 is 1.33. The summed E-state index contributed by atoms with van der Waals surface area (Å²) in [5, 5.41) is 0. The fourth-order valence-electron chi connectivity index (χ4n) is 1.55. The molecule has 0 aliphatic heterocycles. The molecule has 0 unspecified atom stereocenters. The van der Waals surface area contributed by atoms with Crippen molar-refractivity contribution < 1.29 is 13.2 Å². The molecule has 0 aromatic heterocycles. The van der Waals surface area contributed by atoms with E-state index >= 15 is 0 Å². The molecule has 2 aromatic rings. The molecule has 2 rings (SSSR count). The predicted octanol–water partition coefficient (Wildman–Crippen LogP) is 5.17. The Kier molecular flexibility index (Phi) is 3.66. The predicted molar refractivity (Wildman–Crippen MR) is 66.7 cm³/mol. The first kappa shape index (κ1) is 13.0. The normalized spacial score (nSPS) is 11.6. The molecule has 0 atom stereocenters. The van der Waals surface area contributed by atoms with Crippen molar-refractivity contribution in [3.8, 4) is 0 Å². The van der Waals surface area contributed by atoms with E-state index in [9.17, 15) is 13.2 Å². The van der Waals surface area contributed by atoms with Crippen molar-refractivity contribution in [3.05, 3.63) is 59.7 Å². The quantitative estimate of drug-likeness (QED) is 0.724. The Balaban J connectivity index is 2.25. The van der Waals surface area contributed by atoms with Crippen LogP contribution in [0.15, 0.2) is 58.3 Å². The Morgan fingerprint density at radius 1 is 0.889 bits per heavy atom. The lowest BCUT2D eigenvalue weighted by Crippen LogP contribution is -2.04. The number of hydrogen-bond acceptors (Lipinski definition) is 1. The van der Waals surface area contributed by atoms with E-state index in [2.05, 4.69) is 0 Å². The van der Waals surface area contributed by atoms with Crippen LogP contribution in [0.4, 0.5) is 13.2 Å². The van der Waals surface area contributed by atoms with Gasteiger partial charge >= 0.3 is 6.18 Å². The van der Waals surface area contributed by atoms with Crippen LogP contribution >= 0.6 is 11.8 Å². The minimum absolute atomic E-state index is 0.593. The standard InChI is InChI=1S/C14H11F3S/c1-10-4-2-6-12(8-10)18-13-7-3-5-11(9-13)14(15,16)17/h2-9H,1H3. The molecular weight excluding hydrogens is 257 g/mol. The highest BCUT2D eigenvalue weighted by Crippen LogP contribution is 2.34. The van der Waals surface area contributed by atoms with E-state index in [1.807, 2.05) is 31.2 Å². The highest BCUT2D eigenvalue weighted by molar-refractivity contribution is 7.99. The number of hydrogen-bond donors (Lipinski definition) is 0. The molecule has 0 fully saturated rings. The van der Waals surface area contributed by atoms with Gasteiger partial charge in [-0.1, -0.05) is 35.5 Å². The van der Waals surface area contributed by atoms with Gasteiger partial charge in [0.1, 0.15) is 0 Å². The monoisotopic (exact) mass is 268 g/mol. The Morgan fingerprint density at radius 2 is 1.50 bits per heavy atom. The molecule has 0 radical (unpaired) electrons. The Labute approximate surface area is 108 Å². The van der Waals surface area contributed by atoms with E-state index in [0.717, 1.165) is 16.5 Å². The van der Waals surface area contributed by atoms with Gasteiger partial charge in [0.15, 0.2) is 0 Å². The fraction of sp³-hybridized carbons (Fsp3) is 0.143. The largest absolute Gasteiger partial charge is 0.416 e. The molecule has 0 N–H and O–H groups in total. The molecule has 0 saturated heterocycles. The van der Waals surface area contributed by atoms with E-state index in [1.54, 1.807) is 6.07 Å². The Morgan fingerprint density at radius 3 is 2.11 bits per heavy atom. The lowest BCUT2D eigenvalue weighted by molar-refractivity contribution is -0.137. The smallest absolute Gasteiger partial charge is 0.166 e. The summed E-state index contributed by atoms with van der Waals surface area (Å²) in [4.78, 5) is 1.53. The summed E-state index contributed by atoms with van der Waals surface area (Å²) in [7, 11) is 0. The molecule has 0 spiro atoms. The molecule has 0 bridgehead atoms. The molecular formula is C14H11F3S. The fourth-order valence-corrected chi connectivity index (χ4v) is 2.55. The molecule has 0 saturated carbocycles. The molecule has 0 heterocycles. The molecule has 0 aliphatic rings. The van der Waals surface area contributed by atoms with Crippen molar-refractivity contribution in [2.75, 3.05) is 0 Å². The zero-order valence-electron chi connectivity index (χ0n) is 9.66. The summed E-state index contributed by atoms with van der Waals surface area (Å²) < 4.78 is 37.7. The van der Waals surface area contributed by atoms with Gasteiger partial charge in [-0.05, 0) is 37.3 Å². The van der Waals surface area contributed by atoms with E-state index in [-0.39, 0.29) is 0 Å².